The van der Waals surface area contributed by atoms with Crippen molar-refractivity contribution in [2.45, 2.75) is 13.0 Å². The molecule has 1 saturated heterocycles. The maximum atomic E-state index is 11.1. The van der Waals surface area contributed by atoms with Crippen molar-refractivity contribution < 1.29 is 19.1 Å². The third kappa shape index (κ3) is 2.76. The molecule has 1 atom stereocenters. The molecule has 0 aromatic rings. The normalized spacial score (nSPS) is 20.5. The van der Waals surface area contributed by atoms with E-state index in [9.17, 15) is 9.59 Å². The maximum Gasteiger partial charge on any atom is 0.410 e. The Hall–Kier alpha value is -1.52. The fraction of sp³-hybridized carbons (Fsp3) is 0.556. The summed E-state index contributed by atoms with van der Waals surface area (Å²) in [5.74, 6) is -0.481. The van der Waals surface area contributed by atoms with E-state index in [2.05, 4.69) is 6.58 Å². The van der Waals surface area contributed by atoms with Crippen LogP contribution in [0.3, 0.4) is 0 Å². The summed E-state index contributed by atoms with van der Waals surface area (Å²) in [6.45, 7) is 6.15. The summed E-state index contributed by atoms with van der Waals surface area (Å²) in [5.41, 5.74) is 0. The van der Waals surface area contributed by atoms with Gasteiger partial charge < -0.3 is 14.4 Å². The standard InChI is InChI=1S/C9H13NO4/c1-3-8(11)13-5-4-10-6-7(2)14-9(10)12/h3,7H,1,4-6H2,2H3. The molecule has 0 aromatic heterocycles. The average molecular weight is 199 g/mol. The number of cyclic esters (lactones) is 1. The van der Waals surface area contributed by atoms with Gasteiger partial charge in [-0.1, -0.05) is 6.58 Å². The van der Waals surface area contributed by atoms with Gasteiger partial charge in [0.1, 0.15) is 12.7 Å². The smallest absolute Gasteiger partial charge is 0.410 e. The molecule has 0 aromatic carbocycles. The molecular weight excluding hydrogens is 186 g/mol. The fourth-order valence-electron chi connectivity index (χ4n) is 1.17. The zero-order valence-corrected chi connectivity index (χ0v) is 8.06. The number of rotatable bonds is 4. The van der Waals surface area contributed by atoms with Crippen LogP contribution in [0.1, 0.15) is 6.92 Å². The van der Waals surface area contributed by atoms with Crippen molar-refractivity contribution in [3.05, 3.63) is 12.7 Å². The van der Waals surface area contributed by atoms with E-state index in [1.54, 1.807) is 0 Å². The van der Waals surface area contributed by atoms with Gasteiger partial charge in [0.25, 0.3) is 0 Å². The highest BCUT2D eigenvalue weighted by Crippen LogP contribution is 2.09. The molecule has 0 N–H and O–H groups in total. The zero-order valence-electron chi connectivity index (χ0n) is 8.06. The summed E-state index contributed by atoms with van der Waals surface area (Å²) < 4.78 is 9.61. The predicted molar refractivity (Wildman–Crippen MR) is 48.7 cm³/mol. The van der Waals surface area contributed by atoms with Crippen molar-refractivity contribution in [1.29, 1.82) is 0 Å². The number of ether oxygens (including phenoxy) is 2. The predicted octanol–water partition coefficient (Wildman–Crippen LogP) is 0.556. The van der Waals surface area contributed by atoms with E-state index >= 15 is 0 Å². The van der Waals surface area contributed by atoms with Crippen molar-refractivity contribution in [1.82, 2.24) is 4.90 Å². The Morgan fingerprint density at radius 3 is 3.07 bits per heavy atom. The Balaban J connectivity index is 2.22. The highest BCUT2D eigenvalue weighted by Gasteiger charge is 2.27. The summed E-state index contributed by atoms with van der Waals surface area (Å²) in [6, 6.07) is 0. The summed E-state index contributed by atoms with van der Waals surface area (Å²) in [5, 5.41) is 0. The lowest BCUT2D eigenvalue weighted by molar-refractivity contribution is -0.137. The number of carbonyl (C=O) groups excluding carboxylic acids is 2. The van der Waals surface area contributed by atoms with Crippen molar-refractivity contribution >= 4 is 12.1 Å². The molecule has 0 spiro atoms. The number of carbonyl (C=O) groups is 2. The Morgan fingerprint density at radius 1 is 1.86 bits per heavy atom. The topological polar surface area (TPSA) is 55.8 Å². The van der Waals surface area contributed by atoms with Crippen molar-refractivity contribution in [2.24, 2.45) is 0 Å². The largest absolute Gasteiger partial charge is 0.461 e. The second-order valence-corrected chi connectivity index (χ2v) is 3.01. The van der Waals surface area contributed by atoms with Gasteiger partial charge >= 0.3 is 12.1 Å². The molecule has 1 heterocycles. The lowest BCUT2D eigenvalue weighted by Gasteiger charge is -2.11. The molecular formula is C9H13NO4. The highest BCUT2D eigenvalue weighted by molar-refractivity contribution is 5.81. The van der Waals surface area contributed by atoms with Crippen LogP contribution < -0.4 is 0 Å². The molecule has 1 amide bonds. The molecule has 0 bridgehead atoms. The lowest BCUT2D eigenvalue weighted by atomic mass is 10.4. The van der Waals surface area contributed by atoms with Crippen LogP contribution in [0.15, 0.2) is 12.7 Å². The zero-order chi connectivity index (χ0) is 10.6. The van der Waals surface area contributed by atoms with Crippen LogP contribution in [0.2, 0.25) is 0 Å². The molecule has 0 radical (unpaired) electrons. The van der Waals surface area contributed by atoms with Gasteiger partial charge in [-0.2, -0.15) is 0 Å². The fourth-order valence-corrected chi connectivity index (χ4v) is 1.17. The first kappa shape index (κ1) is 10.6. The Bertz CT molecular complexity index is 251. The van der Waals surface area contributed by atoms with E-state index in [-0.39, 0.29) is 18.8 Å². The van der Waals surface area contributed by atoms with Crippen LogP contribution in [-0.4, -0.2) is 42.8 Å². The Morgan fingerprint density at radius 2 is 2.57 bits per heavy atom. The molecule has 78 valence electrons. The average Bonchev–Trinajstić information content (AvgIpc) is 2.45. The number of amides is 1. The number of hydrogen-bond donors (Lipinski definition) is 0. The number of nitrogens with zero attached hydrogens (tertiary/aromatic N) is 1. The van der Waals surface area contributed by atoms with Crippen LogP contribution in [0, 0.1) is 0 Å². The van der Waals surface area contributed by atoms with E-state index < -0.39 is 5.97 Å². The first-order valence-electron chi connectivity index (χ1n) is 4.38. The second-order valence-electron chi connectivity index (χ2n) is 3.01. The molecule has 0 saturated carbocycles. The van der Waals surface area contributed by atoms with Gasteiger partial charge in [0.05, 0.1) is 13.1 Å². The van der Waals surface area contributed by atoms with Crippen LogP contribution in [0.25, 0.3) is 0 Å². The first-order valence-corrected chi connectivity index (χ1v) is 4.38. The molecule has 0 aliphatic carbocycles. The monoisotopic (exact) mass is 199 g/mol. The van der Waals surface area contributed by atoms with E-state index in [0.717, 1.165) is 6.08 Å². The Labute approximate surface area is 82.3 Å². The maximum absolute atomic E-state index is 11.1. The summed E-state index contributed by atoms with van der Waals surface area (Å²) in [6.07, 6.45) is 0.648. The van der Waals surface area contributed by atoms with Crippen LogP contribution in [0.4, 0.5) is 4.79 Å². The molecule has 5 heteroatoms. The first-order chi connectivity index (χ1) is 6.63. The number of hydrogen-bond acceptors (Lipinski definition) is 4. The van der Waals surface area contributed by atoms with Gasteiger partial charge in [-0.3, -0.25) is 0 Å². The van der Waals surface area contributed by atoms with E-state index in [1.807, 2.05) is 6.92 Å². The third-order valence-corrected chi connectivity index (χ3v) is 1.81. The summed E-state index contributed by atoms with van der Waals surface area (Å²) in [4.78, 5) is 23.2. The molecule has 1 aliphatic heterocycles. The molecule has 1 fully saturated rings. The minimum absolute atomic E-state index is 0.0856. The van der Waals surface area contributed by atoms with Crippen LogP contribution >= 0.6 is 0 Å². The van der Waals surface area contributed by atoms with Gasteiger partial charge in [0.15, 0.2) is 0 Å². The van der Waals surface area contributed by atoms with Crippen LogP contribution in [0.5, 0.6) is 0 Å². The van der Waals surface area contributed by atoms with Gasteiger partial charge in [-0.25, -0.2) is 9.59 Å². The minimum atomic E-state index is -0.481. The SMILES string of the molecule is C=CC(=O)OCCN1CC(C)OC1=O. The molecule has 14 heavy (non-hydrogen) atoms. The van der Waals surface area contributed by atoms with E-state index in [0.29, 0.717) is 13.1 Å². The van der Waals surface area contributed by atoms with Gasteiger partial charge in [-0.15, -0.1) is 0 Å². The molecule has 1 unspecified atom stereocenters. The van der Waals surface area contributed by atoms with Crippen molar-refractivity contribution in [2.75, 3.05) is 19.7 Å². The molecule has 5 nitrogen and oxygen atoms in total. The summed E-state index contributed by atoms with van der Waals surface area (Å²) in [7, 11) is 0. The Kier molecular flexibility index (Phi) is 3.50. The van der Waals surface area contributed by atoms with Crippen LogP contribution in [-0.2, 0) is 14.3 Å². The second kappa shape index (κ2) is 4.64. The highest BCUT2D eigenvalue weighted by atomic mass is 16.6. The van der Waals surface area contributed by atoms with Crippen molar-refractivity contribution in [3.8, 4) is 0 Å². The molecule has 1 rings (SSSR count). The molecule has 1 aliphatic rings. The third-order valence-electron chi connectivity index (χ3n) is 1.81. The van der Waals surface area contributed by atoms with Crippen molar-refractivity contribution in [3.63, 3.8) is 0 Å². The number of esters is 1. The van der Waals surface area contributed by atoms with Gasteiger partial charge in [-0.05, 0) is 6.92 Å². The minimum Gasteiger partial charge on any atom is -0.461 e. The quantitative estimate of drug-likeness (QED) is 0.490. The lowest BCUT2D eigenvalue weighted by Crippen LogP contribution is -2.29. The van der Waals surface area contributed by atoms with E-state index in [4.69, 9.17) is 9.47 Å². The summed E-state index contributed by atoms with van der Waals surface area (Å²) >= 11 is 0. The van der Waals surface area contributed by atoms with Gasteiger partial charge in [0.2, 0.25) is 0 Å². The van der Waals surface area contributed by atoms with Gasteiger partial charge in [0, 0.05) is 6.08 Å². The van der Waals surface area contributed by atoms with E-state index in [1.165, 1.54) is 4.90 Å².